The van der Waals surface area contributed by atoms with Crippen LogP contribution in [0.4, 0.5) is 0 Å². The first-order valence-corrected chi connectivity index (χ1v) is 8.87. The van der Waals surface area contributed by atoms with Crippen molar-refractivity contribution in [3.05, 3.63) is 30.0 Å². The third kappa shape index (κ3) is 3.16. The third-order valence-electron chi connectivity index (χ3n) is 5.03. The van der Waals surface area contributed by atoms with Crippen LogP contribution in [0.15, 0.2) is 24.3 Å². The van der Waals surface area contributed by atoms with Gasteiger partial charge in [-0.1, -0.05) is 18.2 Å². The second kappa shape index (κ2) is 6.91. The lowest BCUT2D eigenvalue weighted by molar-refractivity contribution is 0.0702. The van der Waals surface area contributed by atoms with E-state index in [9.17, 15) is 4.79 Å². The van der Waals surface area contributed by atoms with Gasteiger partial charge in [-0.25, -0.2) is 0 Å². The van der Waals surface area contributed by atoms with Crippen molar-refractivity contribution in [2.75, 3.05) is 39.3 Å². The molecule has 24 heavy (non-hydrogen) atoms. The Morgan fingerprint density at radius 3 is 3.00 bits per heavy atom. The maximum Gasteiger partial charge on any atom is 0.275 e. The number of nitrogens with zero attached hydrogens (tertiary/aromatic N) is 3. The molecule has 1 N–H and O–H groups in total. The number of para-hydroxylation sites is 1. The smallest absolute Gasteiger partial charge is 0.275 e. The fourth-order valence-corrected chi connectivity index (χ4v) is 3.71. The van der Waals surface area contributed by atoms with Gasteiger partial charge in [-0.05, 0) is 31.9 Å². The molecule has 0 bridgehead atoms. The van der Waals surface area contributed by atoms with Gasteiger partial charge in [-0.2, -0.15) is 5.10 Å². The Hall–Kier alpha value is -1.92. The summed E-state index contributed by atoms with van der Waals surface area (Å²) in [5.41, 5.74) is 1.45. The number of H-pyrrole nitrogens is 1. The van der Waals surface area contributed by atoms with Crippen LogP contribution in [0.3, 0.4) is 0 Å². The van der Waals surface area contributed by atoms with Crippen molar-refractivity contribution < 1.29 is 9.53 Å². The minimum absolute atomic E-state index is 0.0337. The van der Waals surface area contributed by atoms with E-state index in [1.807, 2.05) is 29.2 Å². The third-order valence-corrected chi connectivity index (χ3v) is 5.03. The zero-order valence-corrected chi connectivity index (χ0v) is 13.9. The number of ether oxygens (including phenoxy) is 1. The summed E-state index contributed by atoms with van der Waals surface area (Å²) in [4.78, 5) is 17.3. The summed E-state index contributed by atoms with van der Waals surface area (Å²) in [6.45, 7) is 5.39. The van der Waals surface area contributed by atoms with Crippen LogP contribution in [0.1, 0.15) is 29.8 Å². The van der Waals surface area contributed by atoms with Crippen molar-refractivity contribution in [2.45, 2.75) is 25.4 Å². The van der Waals surface area contributed by atoms with E-state index in [0.717, 1.165) is 56.7 Å². The Morgan fingerprint density at radius 1 is 1.21 bits per heavy atom. The van der Waals surface area contributed by atoms with Gasteiger partial charge in [-0.15, -0.1) is 0 Å². The standard InChI is InChI=1S/C18H24N4O2/c23-18(17-15-6-1-2-7-16(15)19-20-17)22-9-4-8-21(10-11-22)13-14-5-3-12-24-14/h1-2,6-7,14H,3-5,8-13H2,(H,19,20)/t14-/m1/s1. The first-order valence-electron chi connectivity index (χ1n) is 8.87. The molecule has 0 aliphatic carbocycles. The molecule has 1 atom stereocenters. The second-order valence-electron chi connectivity index (χ2n) is 6.70. The number of carbonyl (C=O) groups excluding carboxylic acids is 1. The molecule has 128 valence electrons. The van der Waals surface area contributed by atoms with E-state index in [0.29, 0.717) is 11.8 Å². The average molecular weight is 328 g/mol. The van der Waals surface area contributed by atoms with Crippen molar-refractivity contribution in [3.8, 4) is 0 Å². The lowest BCUT2D eigenvalue weighted by Gasteiger charge is -2.23. The van der Waals surface area contributed by atoms with Gasteiger partial charge in [0.25, 0.3) is 5.91 Å². The highest BCUT2D eigenvalue weighted by Gasteiger charge is 2.25. The van der Waals surface area contributed by atoms with Crippen molar-refractivity contribution in [2.24, 2.45) is 0 Å². The minimum atomic E-state index is 0.0337. The number of aromatic amines is 1. The van der Waals surface area contributed by atoms with Crippen molar-refractivity contribution in [1.82, 2.24) is 20.0 Å². The summed E-state index contributed by atoms with van der Waals surface area (Å²) in [6.07, 6.45) is 3.72. The zero-order valence-electron chi connectivity index (χ0n) is 13.9. The maximum absolute atomic E-state index is 12.9. The molecule has 0 radical (unpaired) electrons. The average Bonchev–Trinajstić information content (AvgIpc) is 3.20. The highest BCUT2D eigenvalue weighted by molar-refractivity contribution is 6.04. The highest BCUT2D eigenvalue weighted by Crippen LogP contribution is 2.19. The summed E-state index contributed by atoms with van der Waals surface area (Å²) < 4.78 is 5.74. The molecule has 0 saturated carbocycles. The molecule has 3 heterocycles. The quantitative estimate of drug-likeness (QED) is 0.935. The molecule has 2 aliphatic rings. The lowest BCUT2D eigenvalue weighted by atomic mass is 10.2. The van der Waals surface area contributed by atoms with E-state index in [2.05, 4.69) is 15.1 Å². The summed E-state index contributed by atoms with van der Waals surface area (Å²) in [6, 6.07) is 7.79. The topological polar surface area (TPSA) is 61.5 Å². The first kappa shape index (κ1) is 15.6. The Labute approximate surface area is 141 Å². The number of rotatable bonds is 3. The molecule has 4 rings (SSSR count). The number of hydrogen-bond acceptors (Lipinski definition) is 4. The molecule has 1 amide bonds. The van der Waals surface area contributed by atoms with Gasteiger partial charge in [0.15, 0.2) is 5.69 Å². The molecular formula is C18H24N4O2. The molecular weight excluding hydrogens is 304 g/mol. The Kier molecular flexibility index (Phi) is 4.49. The van der Waals surface area contributed by atoms with E-state index in [1.165, 1.54) is 12.8 Å². The number of carbonyl (C=O) groups is 1. The fourth-order valence-electron chi connectivity index (χ4n) is 3.71. The number of aromatic nitrogens is 2. The maximum atomic E-state index is 12.9. The van der Waals surface area contributed by atoms with E-state index in [1.54, 1.807) is 0 Å². The number of benzene rings is 1. The molecule has 2 aliphatic heterocycles. The number of nitrogens with one attached hydrogen (secondary N) is 1. The van der Waals surface area contributed by atoms with E-state index < -0.39 is 0 Å². The van der Waals surface area contributed by atoms with Crippen molar-refractivity contribution >= 4 is 16.8 Å². The van der Waals surface area contributed by atoms with Gasteiger partial charge in [0, 0.05) is 38.2 Å². The van der Waals surface area contributed by atoms with Crippen molar-refractivity contribution in [1.29, 1.82) is 0 Å². The largest absolute Gasteiger partial charge is 0.377 e. The van der Waals surface area contributed by atoms with E-state index >= 15 is 0 Å². The van der Waals surface area contributed by atoms with Crippen LogP contribution in [-0.4, -0.2) is 71.3 Å². The highest BCUT2D eigenvalue weighted by atomic mass is 16.5. The summed E-state index contributed by atoms with van der Waals surface area (Å²) >= 11 is 0. The van der Waals surface area contributed by atoms with Gasteiger partial charge < -0.3 is 9.64 Å². The fraction of sp³-hybridized carbons (Fsp3) is 0.556. The summed E-state index contributed by atoms with van der Waals surface area (Å²) in [7, 11) is 0. The van der Waals surface area contributed by atoms with Crippen LogP contribution in [0.2, 0.25) is 0 Å². The first-order chi connectivity index (χ1) is 11.8. The predicted molar refractivity (Wildman–Crippen MR) is 92.0 cm³/mol. The van der Waals surface area contributed by atoms with Crippen LogP contribution in [-0.2, 0) is 4.74 Å². The van der Waals surface area contributed by atoms with Gasteiger partial charge in [0.05, 0.1) is 11.6 Å². The van der Waals surface area contributed by atoms with Crippen LogP contribution >= 0.6 is 0 Å². The molecule has 2 saturated heterocycles. The van der Waals surface area contributed by atoms with Crippen LogP contribution in [0, 0.1) is 0 Å². The Bertz CT molecular complexity index is 708. The minimum Gasteiger partial charge on any atom is -0.377 e. The van der Waals surface area contributed by atoms with E-state index in [-0.39, 0.29) is 5.91 Å². The van der Waals surface area contributed by atoms with Crippen LogP contribution in [0.5, 0.6) is 0 Å². The number of fused-ring (bicyclic) bond motifs is 1. The van der Waals surface area contributed by atoms with Gasteiger partial charge in [0.1, 0.15) is 0 Å². The summed E-state index contributed by atoms with van der Waals surface area (Å²) in [5, 5.41) is 8.12. The zero-order chi connectivity index (χ0) is 16.4. The molecule has 6 nitrogen and oxygen atoms in total. The second-order valence-corrected chi connectivity index (χ2v) is 6.70. The lowest BCUT2D eigenvalue weighted by Crippen LogP contribution is -2.37. The summed E-state index contributed by atoms with van der Waals surface area (Å²) in [5.74, 6) is 0.0337. The molecule has 6 heteroatoms. The predicted octanol–water partition coefficient (Wildman–Crippen LogP) is 1.89. The molecule has 2 fully saturated rings. The molecule has 0 unspecified atom stereocenters. The monoisotopic (exact) mass is 328 g/mol. The van der Waals surface area contributed by atoms with Gasteiger partial charge in [-0.3, -0.25) is 14.8 Å². The molecule has 2 aromatic rings. The normalized spacial score (nSPS) is 22.8. The molecule has 0 spiro atoms. The van der Waals surface area contributed by atoms with Crippen LogP contribution < -0.4 is 0 Å². The van der Waals surface area contributed by atoms with Crippen LogP contribution in [0.25, 0.3) is 10.9 Å². The van der Waals surface area contributed by atoms with Crippen molar-refractivity contribution in [3.63, 3.8) is 0 Å². The molecule has 1 aromatic carbocycles. The van der Waals surface area contributed by atoms with Gasteiger partial charge >= 0.3 is 0 Å². The SMILES string of the molecule is O=C(c1n[nH]c2ccccc12)N1CCCN(C[C@H]2CCCO2)CC1. The Balaban J connectivity index is 1.42. The molecule has 1 aromatic heterocycles. The Morgan fingerprint density at radius 2 is 2.12 bits per heavy atom. The number of hydrogen-bond donors (Lipinski definition) is 1. The van der Waals surface area contributed by atoms with Gasteiger partial charge in [0.2, 0.25) is 0 Å². The number of amides is 1. The van der Waals surface area contributed by atoms with E-state index in [4.69, 9.17) is 4.74 Å².